The molecule has 82 valence electrons. The SMILES string of the molecule is COC(=O)C(O)(CO)c1ccc(C)cc1. The molecule has 15 heavy (non-hydrogen) atoms. The lowest BCUT2D eigenvalue weighted by molar-refractivity contribution is -0.168. The van der Waals surface area contributed by atoms with E-state index in [0.717, 1.165) is 12.7 Å². The van der Waals surface area contributed by atoms with Crippen molar-refractivity contribution in [2.45, 2.75) is 12.5 Å². The van der Waals surface area contributed by atoms with Crippen molar-refractivity contribution in [1.82, 2.24) is 0 Å². The minimum absolute atomic E-state index is 0.322. The minimum atomic E-state index is -1.97. The van der Waals surface area contributed by atoms with Gasteiger partial charge in [-0.25, -0.2) is 4.79 Å². The third kappa shape index (κ3) is 2.16. The molecule has 0 aromatic heterocycles. The van der Waals surface area contributed by atoms with Crippen LogP contribution in [0.5, 0.6) is 0 Å². The number of rotatable bonds is 3. The van der Waals surface area contributed by atoms with Gasteiger partial charge in [0.15, 0.2) is 0 Å². The summed E-state index contributed by atoms with van der Waals surface area (Å²) >= 11 is 0. The summed E-state index contributed by atoms with van der Waals surface area (Å²) in [6.45, 7) is 1.18. The molecule has 0 aliphatic heterocycles. The molecule has 2 N–H and O–H groups in total. The van der Waals surface area contributed by atoms with E-state index in [1.165, 1.54) is 0 Å². The summed E-state index contributed by atoms with van der Waals surface area (Å²) < 4.78 is 4.44. The van der Waals surface area contributed by atoms with Crippen LogP contribution in [-0.4, -0.2) is 29.9 Å². The summed E-state index contributed by atoms with van der Waals surface area (Å²) in [4.78, 5) is 11.3. The third-order valence-corrected chi connectivity index (χ3v) is 2.28. The van der Waals surface area contributed by atoms with Gasteiger partial charge in [0, 0.05) is 0 Å². The lowest BCUT2D eigenvalue weighted by Crippen LogP contribution is -2.40. The number of ether oxygens (including phenoxy) is 1. The van der Waals surface area contributed by atoms with Gasteiger partial charge in [-0.15, -0.1) is 0 Å². The molecule has 0 aliphatic carbocycles. The number of esters is 1. The number of aliphatic hydroxyl groups excluding tert-OH is 1. The lowest BCUT2D eigenvalue weighted by atomic mass is 9.94. The Kier molecular flexibility index (Phi) is 3.44. The fourth-order valence-electron chi connectivity index (χ4n) is 1.27. The zero-order valence-electron chi connectivity index (χ0n) is 8.73. The van der Waals surface area contributed by atoms with Crippen molar-refractivity contribution in [3.8, 4) is 0 Å². The molecule has 0 saturated heterocycles. The first kappa shape index (κ1) is 11.7. The molecule has 0 heterocycles. The molecule has 0 saturated carbocycles. The van der Waals surface area contributed by atoms with Crippen molar-refractivity contribution in [1.29, 1.82) is 0 Å². The summed E-state index contributed by atoms with van der Waals surface area (Å²) in [5.41, 5.74) is -0.644. The number of methoxy groups -OCH3 is 1. The standard InChI is InChI=1S/C11H14O4/c1-8-3-5-9(6-4-8)11(14,7-12)10(13)15-2/h3-6,12,14H,7H2,1-2H3. The number of hydrogen-bond donors (Lipinski definition) is 2. The second-order valence-corrected chi connectivity index (χ2v) is 3.38. The van der Waals surface area contributed by atoms with Crippen molar-refractivity contribution in [2.24, 2.45) is 0 Å². The van der Waals surface area contributed by atoms with Crippen LogP contribution in [0.2, 0.25) is 0 Å². The van der Waals surface area contributed by atoms with Gasteiger partial charge in [-0.05, 0) is 12.5 Å². The molecule has 0 bridgehead atoms. The monoisotopic (exact) mass is 210 g/mol. The molecule has 0 radical (unpaired) electrons. The maximum atomic E-state index is 11.3. The molecular formula is C11H14O4. The smallest absolute Gasteiger partial charge is 0.345 e. The van der Waals surface area contributed by atoms with Gasteiger partial charge < -0.3 is 14.9 Å². The highest BCUT2D eigenvalue weighted by Crippen LogP contribution is 2.22. The summed E-state index contributed by atoms with van der Waals surface area (Å²) in [7, 11) is 1.16. The van der Waals surface area contributed by atoms with Gasteiger partial charge in [0.25, 0.3) is 0 Å². The summed E-state index contributed by atoms with van der Waals surface area (Å²) in [5.74, 6) is -0.867. The summed E-state index contributed by atoms with van der Waals surface area (Å²) in [6, 6.07) is 6.67. The molecule has 4 nitrogen and oxygen atoms in total. The Hall–Kier alpha value is -1.39. The van der Waals surface area contributed by atoms with Gasteiger partial charge in [0.1, 0.15) is 0 Å². The largest absolute Gasteiger partial charge is 0.467 e. The van der Waals surface area contributed by atoms with Crippen LogP contribution in [0.1, 0.15) is 11.1 Å². The van der Waals surface area contributed by atoms with E-state index in [-0.39, 0.29) is 0 Å². The molecule has 4 heteroatoms. The van der Waals surface area contributed by atoms with Crippen molar-refractivity contribution in [3.05, 3.63) is 35.4 Å². The Balaban J connectivity index is 3.11. The van der Waals surface area contributed by atoms with Crippen LogP contribution >= 0.6 is 0 Å². The number of aliphatic hydroxyl groups is 2. The second kappa shape index (κ2) is 4.42. The molecule has 1 atom stereocenters. The Labute approximate surface area is 88.1 Å². The highest BCUT2D eigenvalue weighted by Gasteiger charge is 2.38. The molecule has 1 rings (SSSR count). The van der Waals surface area contributed by atoms with E-state index in [9.17, 15) is 9.90 Å². The zero-order chi connectivity index (χ0) is 11.5. The topological polar surface area (TPSA) is 66.8 Å². The summed E-state index contributed by atoms with van der Waals surface area (Å²) in [6.07, 6.45) is 0. The fourth-order valence-corrected chi connectivity index (χ4v) is 1.27. The fraction of sp³-hybridized carbons (Fsp3) is 0.364. The first-order chi connectivity index (χ1) is 7.04. The molecule has 0 spiro atoms. The van der Waals surface area contributed by atoms with E-state index in [0.29, 0.717) is 5.56 Å². The van der Waals surface area contributed by atoms with Gasteiger partial charge >= 0.3 is 5.97 Å². The first-order valence-corrected chi connectivity index (χ1v) is 4.53. The molecule has 1 aromatic rings. The Bertz CT molecular complexity index is 344. The zero-order valence-corrected chi connectivity index (χ0v) is 8.73. The van der Waals surface area contributed by atoms with E-state index in [1.54, 1.807) is 24.3 Å². The van der Waals surface area contributed by atoms with E-state index >= 15 is 0 Å². The first-order valence-electron chi connectivity index (χ1n) is 4.53. The molecule has 0 fully saturated rings. The minimum Gasteiger partial charge on any atom is -0.467 e. The van der Waals surface area contributed by atoms with Gasteiger partial charge in [-0.3, -0.25) is 0 Å². The van der Waals surface area contributed by atoms with Crippen LogP contribution in [0, 0.1) is 6.92 Å². The number of benzene rings is 1. The van der Waals surface area contributed by atoms with Crippen LogP contribution in [-0.2, 0) is 15.1 Å². The van der Waals surface area contributed by atoms with Crippen molar-refractivity contribution in [3.63, 3.8) is 0 Å². The quantitative estimate of drug-likeness (QED) is 0.706. The van der Waals surface area contributed by atoms with E-state index in [1.807, 2.05) is 6.92 Å². The highest BCUT2D eigenvalue weighted by atomic mass is 16.5. The Morgan fingerprint density at radius 2 is 1.93 bits per heavy atom. The summed E-state index contributed by atoms with van der Waals surface area (Å²) in [5, 5.41) is 19.0. The van der Waals surface area contributed by atoms with Crippen molar-refractivity contribution < 1.29 is 19.7 Å². The molecule has 0 aliphatic rings. The Morgan fingerprint density at radius 3 is 2.33 bits per heavy atom. The number of hydrogen-bond acceptors (Lipinski definition) is 4. The number of carbonyl (C=O) groups is 1. The number of aryl methyl sites for hydroxylation is 1. The van der Waals surface area contributed by atoms with Gasteiger partial charge in [0.2, 0.25) is 5.60 Å². The van der Waals surface area contributed by atoms with Gasteiger partial charge in [-0.2, -0.15) is 0 Å². The number of carbonyl (C=O) groups excluding carboxylic acids is 1. The average molecular weight is 210 g/mol. The predicted octanol–water partition coefficient (Wildman–Crippen LogP) is 0.348. The van der Waals surface area contributed by atoms with Gasteiger partial charge in [0.05, 0.1) is 13.7 Å². The van der Waals surface area contributed by atoms with E-state index in [4.69, 9.17) is 5.11 Å². The second-order valence-electron chi connectivity index (χ2n) is 3.38. The van der Waals surface area contributed by atoms with Crippen molar-refractivity contribution in [2.75, 3.05) is 13.7 Å². The lowest BCUT2D eigenvalue weighted by Gasteiger charge is -2.23. The van der Waals surface area contributed by atoms with Crippen LogP contribution in [0.15, 0.2) is 24.3 Å². The average Bonchev–Trinajstić information content (AvgIpc) is 2.27. The molecule has 1 aromatic carbocycles. The van der Waals surface area contributed by atoms with Gasteiger partial charge in [-0.1, -0.05) is 29.8 Å². The highest BCUT2D eigenvalue weighted by molar-refractivity contribution is 5.81. The maximum Gasteiger partial charge on any atom is 0.345 e. The predicted molar refractivity (Wildman–Crippen MR) is 54.2 cm³/mol. The van der Waals surface area contributed by atoms with E-state index < -0.39 is 18.2 Å². The maximum absolute atomic E-state index is 11.3. The van der Waals surface area contributed by atoms with Crippen LogP contribution in [0.3, 0.4) is 0 Å². The van der Waals surface area contributed by atoms with Crippen molar-refractivity contribution >= 4 is 5.97 Å². The third-order valence-electron chi connectivity index (χ3n) is 2.28. The van der Waals surface area contributed by atoms with E-state index in [2.05, 4.69) is 4.74 Å². The molecule has 1 unspecified atom stereocenters. The molecule has 0 amide bonds. The normalized spacial score (nSPS) is 14.4. The molecular weight excluding hydrogens is 196 g/mol. The van der Waals surface area contributed by atoms with Crippen LogP contribution in [0.25, 0.3) is 0 Å². The Morgan fingerprint density at radius 1 is 1.40 bits per heavy atom. The van der Waals surface area contributed by atoms with Crippen LogP contribution < -0.4 is 0 Å². The van der Waals surface area contributed by atoms with Crippen LogP contribution in [0.4, 0.5) is 0 Å².